The van der Waals surface area contributed by atoms with Crippen LogP contribution in [0.4, 0.5) is 35.1 Å². The highest BCUT2D eigenvalue weighted by molar-refractivity contribution is 8.24. The molecule has 0 aliphatic heterocycles. The Morgan fingerprint density at radius 3 is 1.43 bits per heavy atom. The fourth-order valence-electron chi connectivity index (χ4n) is 9.33. The molecular weight excluding hydrogens is 1420 g/mol. The molecule has 0 aliphatic rings. The Morgan fingerprint density at radius 1 is 0.653 bits per heavy atom. The summed E-state index contributed by atoms with van der Waals surface area (Å²) in [4.78, 5) is 42.2. The van der Waals surface area contributed by atoms with Crippen LogP contribution in [0.15, 0.2) is 105 Å². The lowest BCUT2D eigenvalue weighted by Gasteiger charge is -2.33. The van der Waals surface area contributed by atoms with E-state index in [2.05, 4.69) is 66.7 Å². The van der Waals surface area contributed by atoms with E-state index in [0.717, 1.165) is 33.8 Å². The molecule has 2 amide bonds. The minimum atomic E-state index is -3.10. The third-order valence-electron chi connectivity index (χ3n) is 14.8. The molecule has 2 atom stereocenters. The van der Waals surface area contributed by atoms with Gasteiger partial charge >= 0.3 is 0 Å². The monoisotopic (exact) mass is 1520 g/mol. The minimum Gasteiger partial charge on any atom is -0.487 e. The summed E-state index contributed by atoms with van der Waals surface area (Å²) in [5, 5.41) is 13.9. The molecule has 0 spiro atoms. The molecule has 0 heterocycles. The van der Waals surface area contributed by atoms with Crippen molar-refractivity contribution in [1.29, 1.82) is 5.26 Å². The lowest BCUT2D eigenvalue weighted by atomic mass is 9.79. The number of nitriles is 1. The van der Waals surface area contributed by atoms with Crippen LogP contribution in [0.1, 0.15) is 133 Å². The number of hydrogen-bond donors (Lipinski definition) is 2. The van der Waals surface area contributed by atoms with Crippen molar-refractivity contribution in [3.05, 3.63) is 185 Å². The number of halogens is 8. The van der Waals surface area contributed by atoms with Crippen molar-refractivity contribution >= 4 is 82.6 Å². The first-order valence-electron chi connectivity index (χ1n) is 31.7. The van der Waals surface area contributed by atoms with Gasteiger partial charge in [-0.05, 0) is 58.4 Å². The van der Waals surface area contributed by atoms with Crippen molar-refractivity contribution in [1.82, 2.24) is 10.6 Å². The zero-order valence-corrected chi connectivity index (χ0v) is 63.2. The molecule has 4 aromatic rings. The molecule has 0 aromatic heterocycles. The number of amides is 2. The van der Waals surface area contributed by atoms with Gasteiger partial charge in [-0.25, -0.2) is 41.0 Å². The van der Waals surface area contributed by atoms with E-state index in [9.17, 15) is 48.8 Å². The van der Waals surface area contributed by atoms with Gasteiger partial charge in [-0.15, -0.1) is 13.2 Å². The largest absolute Gasteiger partial charge is 0.487 e. The molecule has 560 valence electrons. The zero-order chi connectivity index (χ0) is 76.6. The van der Waals surface area contributed by atoms with Crippen LogP contribution >= 0.6 is 35.7 Å². The summed E-state index contributed by atoms with van der Waals surface area (Å²) >= 11 is 7.30. The van der Waals surface area contributed by atoms with Crippen molar-refractivity contribution < 1.29 is 84.8 Å². The highest BCUT2D eigenvalue weighted by Crippen LogP contribution is 2.45. The maximum Gasteiger partial charge on any atom is 0.246 e. The van der Waals surface area contributed by atoms with Crippen LogP contribution in [0, 0.1) is 64.4 Å². The van der Waals surface area contributed by atoms with Gasteiger partial charge in [0.15, 0.2) is 34.8 Å². The molecule has 0 bridgehead atoms. The Hall–Kier alpha value is -6.92. The molecule has 0 saturated heterocycles. The summed E-state index contributed by atoms with van der Waals surface area (Å²) in [5.74, 6) is -17.3. The molecule has 0 saturated carbocycles. The van der Waals surface area contributed by atoms with Crippen molar-refractivity contribution in [2.24, 2.45) is 0 Å². The Bertz CT molecular complexity index is 3720. The normalized spacial score (nSPS) is 12.4. The number of carbonyl (C=O) groups excluding carboxylic acids is 3. The molecule has 0 aliphatic carbocycles. The summed E-state index contributed by atoms with van der Waals surface area (Å²) in [6, 6.07) is 20.1. The van der Waals surface area contributed by atoms with Crippen molar-refractivity contribution in [2.75, 3.05) is 105 Å². The smallest absolute Gasteiger partial charge is 0.246 e. The van der Waals surface area contributed by atoms with Gasteiger partial charge in [-0.3, -0.25) is 14.4 Å². The molecule has 101 heavy (non-hydrogen) atoms. The number of quaternary nitrogens is 2. The average Bonchev–Trinajstić information content (AvgIpc) is 0.775. The van der Waals surface area contributed by atoms with Gasteiger partial charge in [-0.1, -0.05) is 135 Å². The topological polar surface area (TPSA) is 190 Å². The lowest BCUT2D eigenvalue weighted by Crippen LogP contribution is -2.46. The second-order valence-electron chi connectivity index (χ2n) is 26.2. The highest BCUT2D eigenvalue weighted by atomic mass is 32.2. The fraction of sp³-hybridized carbons (Fsp3) is 0.479. The second-order valence-corrected chi connectivity index (χ2v) is 34.5. The average molecular weight is 1520 g/mol. The molecule has 2 unspecified atom stereocenters. The number of carbonyl (C=O) groups is 3. The first-order valence-corrected chi connectivity index (χ1v) is 37.9. The third kappa shape index (κ3) is 34.7. The standard InChI is InChI=1S/C36H47F4N3O5S2.C13H26N2O3S.C12H10F4O.C11H11NS2.CH4/c1-9-10-21-48-32-30(39)28(37)27(29(38)31(32)40)26(23-35(2,3)41-5)24-36(4,49-33(44)25-16-12-11-13-17-25)34(45)42-18-14-19-43(6,7)20-15-22-50(8,46)47;1-12(2)13(16)14-8-6-9-15(3,4)10-7-11-19(5,17)18;1-3-5-6-17-12-10(15)8(13)7(4-2)9(14)11(12)16;1-11(2,8-12)14-10(13)9-6-4-3-5-7-9;/h9,11-13,16-17,26H,1,10,14-15,18-24H2,2-4,6-8H3;1,6-11H2,2-5H3;3-4H,1-2,5-6H2;3-7H,1-2H3;1H4/p+2. The number of nitrogens with zero attached hydrogens (tertiary/aromatic N) is 4. The van der Waals surface area contributed by atoms with Gasteiger partial charge in [0, 0.05) is 88.3 Å². The quantitative estimate of drug-likeness (QED) is 0.00640. The summed E-state index contributed by atoms with van der Waals surface area (Å²) in [7, 11) is 2.04. The SMILES string of the molecule is C.C=C(C)C(=O)NCCC[N+](C)(C)CCCS(C)(=O)=O.C=CCCOc1c(F)c(F)c(C=C)c(F)c1F.CC(C)(C#N)SC(=S)c1ccccc1.[C-]#[N+]C(C)(C)CC(CC(C)(SC(=O)c1ccccc1)C(=O)NCCC[N+](C)(C)CCCS(C)(=O)=O)c1c(F)c(F)c(OCCC=C)c(F)c1F. The van der Waals surface area contributed by atoms with Crippen LogP contribution in [-0.4, -0.2) is 167 Å². The first-order chi connectivity index (χ1) is 46.3. The van der Waals surface area contributed by atoms with E-state index in [1.54, 1.807) is 37.3 Å². The van der Waals surface area contributed by atoms with Crippen LogP contribution in [0.25, 0.3) is 10.9 Å². The first kappa shape index (κ1) is 94.1. The van der Waals surface area contributed by atoms with E-state index in [1.807, 2.05) is 58.3 Å². The van der Waals surface area contributed by atoms with Gasteiger partial charge in [-0.2, -0.15) is 22.8 Å². The van der Waals surface area contributed by atoms with E-state index in [-0.39, 0.29) is 63.0 Å². The lowest BCUT2D eigenvalue weighted by molar-refractivity contribution is -0.890. The van der Waals surface area contributed by atoms with Gasteiger partial charge < -0.3 is 33.9 Å². The minimum absolute atomic E-state index is 0. The predicted octanol–water partition coefficient (Wildman–Crippen LogP) is 15.6. The van der Waals surface area contributed by atoms with E-state index >= 15 is 17.6 Å². The number of nitrogens with one attached hydrogen (secondary N) is 2. The van der Waals surface area contributed by atoms with E-state index in [1.165, 1.54) is 57.2 Å². The molecule has 4 rings (SSSR count). The second kappa shape index (κ2) is 43.9. The molecule has 4 aromatic carbocycles. The maximum absolute atomic E-state index is 15.8. The molecule has 15 nitrogen and oxygen atoms in total. The predicted molar refractivity (Wildman–Crippen MR) is 397 cm³/mol. The van der Waals surface area contributed by atoms with Gasteiger partial charge in [0.25, 0.3) is 0 Å². The number of thiocarbonyl (C=S) groups is 1. The van der Waals surface area contributed by atoms with E-state index < -0.39 is 127 Å². The zero-order valence-electron chi connectivity index (χ0n) is 59.2. The van der Waals surface area contributed by atoms with Crippen molar-refractivity contribution in [3.8, 4) is 17.6 Å². The van der Waals surface area contributed by atoms with Crippen molar-refractivity contribution in [2.45, 2.75) is 121 Å². The van der Waals surface area contributed by atoms with E-state index in [4.69, 9.17) is 28.8 Å². The highest BCUT2D eigenvalue weighted by Gasteiger charge is 2.45. The molecule has 0 fully saturated rings. The van der Waals surface area contributed by atoms with Gasteiger partial charge in [0.2, 0.25) is 45.7 Å². The van der Waals surface area contributed by atoms with Crippen LogP contribution in [0.5, 0.6) is 11.5 Å². The summed E-state index contributed by atoms with van der Waals surface area (Å²) in [5.41, 5.74) is -1.32. The Balaban J connectivity index is 0.00000158. The molecule has 0 radical (unpaired) electrons. The third-order valence-corrected chi connectivity index (χ3v) is 19.6. The number of sulfone groups is 2. The van der Waals surface area contributed by atoms with Crippen LogP contribution in [-0.2, 0) is 29.3 Å². The Morgan fingerprint density at radius 2 is 1.05 bits per heavy atom. The molecular formula is C73H100F8N6O9S5+2. The molecule has 28 heteroatoms. The Labute approximate surface area is 608 Å². The summed E-state index contributed by atoms with van der Waals surface area (Å²) in [6.45, 7) is 34.2. The van der Waals surface area contributed by atoms with Crippen LogP contribution in [0.2, 0.25) is 0 Å². The van der Waals surface area contributed by atoms with Crippen LogP contribution < -0.4 is 20.1 Å². The van der Waals surface area contributed by atoms with Gasteiger partial charge in [0.1, 0.15) is 24.4 Å². The number of rotatable bonds is 36. The number of hydrogen-bond acceptors (Lipinski definition) is 13. The van der Waals surface area contributed by atoms with Crippen LogP contribution in [0.3, 0.4) is 0 Å². The fourth-order valence-corrected chi connectivity index (χ4v) is 13.3. The summed E-state index contributed by atoms with van der Waals surface area (Å²) in [6.07, 6.45) is 8.16. The summed E-state index contributed by atoms with van der Waals surface area (Å²) < 4.78 is 170. The maximum atomic E-state index is 15.8. The van der Waals surface area contributed by atoms with E-state index in [0.29, 0.717) is 73.2 Å². The number of thioether (sulfide) groups is 2. The Kier molecular flexibility index (Phi) is 40.9. The van der Waals surface area contributed by atoms with Gasteiger partial charge in [0.05, 0.1) is 99.7 Å². The number of ether oxygens (including phenoxy) is 2. The number of benzene rings is 4. The molecule has 2 N–H and O–H groups in total. The van der Waals surface area contributed by atoms with Crippen molar-refractivity contribution in [3.63, 3.8) is 0 Å².